The minimum absolute atomic E-state index is 0.0291. The highest BCUT2D eigenvalue weighted by atomic mass is 32.2. The van der Waals surface area contributed by atoms with Gasteiger partial charge in [0.2, 0.25) is 10.0 Å². The summed E-state index contributed by atoms with van der Waals surface area (Å²) in [7, 11) is -3.61. The zero-order chi connectivity index (χ0) is 13.0. The topological polar surface area (TPSA) is 87.7 Å². The zero-order valence-electron chi connectivity index (χ0n) is 9.30. The molecule has 0 aliphatic rings. The van der Waals surface area contributed by atoms with Gasteiger partial charge in [0, 0.05) is 13.0 Å². The van der Waals surface area contributed by atoms with Gasteiger partial charge in [0.1, 0.15) is 18.0 Å². The second kappa shape index (κ2) is 5.23. The molecule has 0 aliphatic heterocycles. The molecular formula is C10H11FN4O2S. The van der Waals surface area contributed by atoms with Crippen LogP contribution in [0.2, 0.25) is 0 Å². The van der Waals surface area contributed by atoms with E-state index in [0.29, 0.717) is 12.2 Å². The number of nitrogens with one attached hydrogen (secondary N) is 2. The van der Waals surface area contributed by atoms with Crippen LogP contribution in [-0.4, -0.2) is 30.1 Å². The number of aromatic amines is 1. The Labute approximate surface area is 103 Å². The maximum atomic E-state index is 12.7. The van der Waals surface area contributed by atoms with Crippen LogP contribution in [-0.2, 0) is 16.4 Å². The van der Waals surface area contributed by atoms with E-state index in [1.807, 2.05) is 0 Å². The fourth-order valence-corrected chi connectivity index (χ4v) is 2.38. The molecule has 0 saturated heterocycles. The normalized spacial score (nSPS) is 11.6. The summed E-state index contributed by atoms with van der Waals surface area (Å²) in [6.07, 6.45) is 1.75. The van der Waals surface area contributed by atoms with Gasteiger partial charge in [0.25, 0.3) is 0 Å². The first-order valence-electron chi connectivity index (χ1n) is 5.17. The first kappa shape index (κ1) is 12.7. The van der Waals surface area contributed by atoms with Gasteiger partial charge in [0.15, 0.2) is 0 Å². The van der Waals surface area contributed by atoms with Crippen LogP contribution in [0.25, 0.3) is 0 Å². The molecule has 6 nitrogen and oxygen atoms in total. The second-order valence-corrected chi connectivity index (χ2v) is 5.30. The van der Waals surface area contributed by atoms with Crippen molar-refractivity contribution in [1.29, 1.82) is 0 Å². The third-order valence-corrected chi connectivity index (χ3v) is 3.72. The van der Waals surface area contributed by atoms with Crippen LogP contribution in [0.15, 0.2) is 35.5 Å². The van der Waals surface area contributed by atoms with Gasteiger partial charge in [-0.25, -0.2) is 22.5 Å². The first-order valence-corrected chi connectivity index (χ1v) is 6.66. The van der Waals surface area contributed by atoms with Crippen molar-refractivity contribution in [3.05, 3.63) is 42.2 Å². The summed E-state index contributed by atoms with van der Waals surface area (Å²) >= 11 is 0. The van der Waals surface area contributed by atoms with Crippen molar-refractivity contribution in [3.63, 3.8) is 0 Å². The van der Waals surface area contributed by atoms with Gasteiger partial charge in [-0.15, -0.1) is 0 Å². The number of benzene rings is 1. The number of aromatic nitrogens is 3. The maximum Gasteiger partial charge on any atom is 0.240 e. The van der Waals surface area contributed by atoms with E-state index in [-0.39, 0.29) is 11.4 Å². The fraction of sp³-hybridized carbons (Fsp3) is 0.200. The van der Waals surface area contributed by atoms with Crippen molar-refractivity contribution < 1.29 is 12.8 Å². The molecule has 2 rings (SSSR count). The average molecular weight is 270 g/mol. The standard InChI is InChI=1S/C10H11FN4O2S/c11-8-1-3-9(4-2-8)18(16,17)14-6-5-10-12-7-13-15-10/h1-4,7,14H,5-6H2,(H,12,13,15). The molecule has 0 aliphatic carbocycles. The number of hydrogen-bond donors (Lipinski definition) is 2. The molecule has 1 aromatic heterocycles. The van der Waals surface area contributed by atoms with Crippen LogP contribution >= 0.6 is 0 Å². The Morgan fingerprint density at radius 3 is 2.61 bits per heavy atom. The molecule has 1 heterocycles. The van der Waals surface area contributed by atoms with Crippen LogP contribution in [0.1, 0.15) is 5.82 Å². The van der Waals surface area contributed by atoms with E-state index >= 15 is 0 Å². The summed E-state index contributed by atoms with van der Waals surface area (Å²) in [4.78, 5) is 3.90. The van der Waals surface area contributed by atoms with E-state index in [0.717, 1.165) is 12.1 Å². The number of rotatable bonds is 5. The van der Waals surface area contributed by atoms with Crippen molar-refractivity contribution in [3.8, 4) is 0 Å². The van der Waals surface area contributed by atoms with E-state index in [4.69, 9.17) is 0 Å². The number of nitrogens with zero attached hydrogens (tertiary/aromatic N) is 2. The van der Waals surface area contributed by atoms with E-state index in [2.05, 4.69) is 19.9 Å². The van der Waals surface area contributed by atoms with E-state index < -0.39 is 15.8 Å². The predicted molar refractivity (Wildman–Crippen MR) is 61.7 cm³/mol. The van der Waals surface area contributed by atoms with E-state index in [9.17, 15) is 12.8 Å². The summed E-state index contributed by atoms with van der Waals surface area (Å²) in [5, 5.41) is 6.28. The zero-order valence-corrected chi connectivity index (χ0v) is 10.1. The highest BCUT2D eigenvalue weighted by Crippen LogP contribution is 2.09. The lowest BCUT2D eigenvalue weighted by atomic mass is 10.4. The number of H-pyrrole nitrogens is 1. The lowest BCUT2D eigenvalue weighted by molar-refractivity contribution is 0.580. The van der Waals surface area contributed by atoms with Gasteiger partial charge in [-0.3, -0.25) is 5.10 Å². The number of sulfonamides is 1. The molecule has 0 atom stereocenters. The molecule has 0 radical (unpaired) electrons. The Balaban J connectivity index is 1.97. The van der Waals surface area contributed by atoms with Crippen molar-refractivity contribution >= 4 is 10.0 Å². The summed E-state index contributed by atoms with van der Waals surface area (Å²) in [6, 6.07) is 4.63. The monoisotopic (exact) mass is 270 g/mol. The molecule has 2 N–H and O–H groups in total. The predicted octanol–water partition coefficient (Wildman–Crippen LogP) is 0.465. The van der Waals surface area contributed by atoms with Gasteiger partial charge in [-0.1, -0.05) is 0 Å². The summed E-state index contributed by atoms with van der Waals surface area (Å²) in [5.74, 6) is 0.118. The summed E-state index contributed by atoms with van der Waals surface area (Å²) < 4.78 is 38.7. The highest BCUT2D eigenvalue weighted by molar-refractivity contribution is 7.89. The smallest absolute Gasteiger partial charge is 0.240 e. The summed E-state index contributed by atoms with van der Waals surface area (Å²) in [5.41, 5.74) is 0. The molecule has 1 aromatic carbocycles. The lowest BCUT2D eigenvalue weighted by Crippen LogP contribution is -2.26. The molecule has 0 amide bonds. The van der Waals surface area contributed by atoms with Crippen LogP contribution in [0.3, 0.4) is 0 Å². The Bertz CT molecular complexity index is 595. The van der Waals surface area contributed by atoms with E-state index in [1.54, 1.807) is 0 Å². The van der Waals surface area contributed by atoms with Crippen molar-refractivity contribution in [2.45, 2.75) is 11.3 Å². The minimum Gasteiger partial charge on any atom is -0.263 e. The van der Waals surface area contributed by atoms with Crippen molar-refractivity contribution in [2.24, 2.45) is 0 Å². The Hall–Kier alpha value is -1.80. The van der Waals surface area contributed by atoms with Crippen molar-refractivity contribution in [1.82, 2.24) is 19.9 Å². The number of halogens is 1. The summed E-state index contributed by atoms with van der Waals surface area (Å²) in [6.45, 7) is 0.189. The van der Waals surface area contributed by atoms with Gasteiger partial charge in [-0.2, -0.15) is 5.10 Å². The van der Waals surface area contributed by atoms with Gasteiger partial charge in [-0.05, 0) is 24.3 Å². The molecule has 2 aromatic rings. The number of hydrogen-bond acceptors (Lipinski definition) is 4. The Morgan fingerprint density at radius 2 is 2.00 bits per heavy atom. The lowest BCUT2D eigenvalue weighted by Gasteiger charge is -2.05. The van der Waals surface area contributed by atoms with Crippen molar-refractivity contribution in [2.75, 3.05) is 6.54 Å². The SMILES string of the molecule is O=S(=O)(NCCc1ncn[nH]1)c1ccc(F)cc1. The Morgan fingerprint density at radius 1 is 1.28 bits per heavy atom. The van der Waals surface area contributed by atoms with Gasteiger partial charge < -0.3 is 0 Å². The van der Waals surface area contributed by atoms with Gasteiger partial charge >= 0.3 is 0 Å². The van der Waals surface area contributed by atoms with E-state index in [1.165, 1.54) is 18.5 Å². The maximum absolute atomic E-state index is 12.7. The van der Waals surface area contributed by atoms with Crippen LogP contribution < -0.4 is 4.72 Å². The molecule has 0 bridgehead atoms. The largest absolute Gasteiger partial charge is 0.263 e. The molecule has 18 heavy (non-hydrogen) atoms. The second-order valence-electron chi connectivity index (χ2n) is 3.53. The molecule has 0 fully saturated rings. The third kappa shape index (κ3) is 3.11. The molecule has 0 saturated carbocycles. The first-order chi connectivity index (χ1) is 8.58. The molecule has 0 spiro atoms. The molecule has 0 unspecified atom stereocenters. The Kier molecular flexibility index (Phi) is 3.68. The minimum atomic E-state index is -3.61. The highest BCUT2D eigenvalue weighted by Gasteiger charge is 2.13. The molecule has 8 heteroatoms. The fourth-order valence-electron chi connectivity index (χ4n) is 1.35. The van der Waals surface area contributed by atoms with Crippen LogP contribution in [0, 0.1) is 5.82 Å². The third-order valence-electron chi connectivity index (χ3n) is 2.24. The van der Waals surface area contributed by atoms with Gasteiger partial charge in [0.05, 0.1) is 4.90 Å². The molecular weight excluding hydrogens is 259 g/mol. The molecule has 96 valence electrons. The average Bonchev–Trinajstić information content (AvgIpc) is 2.82. The van der Waals surface area contributed by atoms with Crippen LogP contribution in [0.4, 0.5) is 4.39 Å². The van der Waals surface area contributed by atoms with Crippen LogP contribution in [0.5, 0.6) is 0 Å². The quantitative estimate of drug-likeness (QED) is 0.826.